The molecule has 0 saturated heterocycles. The van der Waals surface area contributed by atoms with Crippen LogP contribution in [0, 0.1) is 5.82 Å². The summed E-state index contributed by atoms with van der Waals surface area (Å²) in [5.74, 6) is -2.32. The first-order valence-electron chi connectivity index (χ1n) is 6.38. The molecule has 1 aliphatic heterocycles. The van der Waals surface area contributed by atoms with Crippen LogP contribution in [0.5, 0.6) is 0 Å². The highest BCUT2D eigenvalue weighted by molar-refractivity contribution is 9.10. The van der Waals surface area contributed by atoms with E-state index in [-0.39, 0.29) is 17.9 Å². The first kappa shape index (κ1) is 14.7. The summed E-state index contributed by atoms with van der Waals surface area (Å²) in [7, 11) is 0. The Balaban J connectivity index is 2.10. The number of benzene rings is 1. The van der Waals surface area contributed by atoms with E-state index in [1.165, 1.54) is 17.0 Å². The molecule has 8 heteroatoms. The summed E-state index contributed by atoms with van der Waals surface area (Å²) in [6.45, 7) is 1.86. The van der Waals surface area contributed by atoms with Gasteiger partial charge in [-0.25, -0.2) is 14.2 Å². The van der Waals surface area contributed by atoms with E-state index in [4.69, 9.17) is 5.11 Å². The number of halogens is 2. The third-order valence-electron chi connectivity index (χ3n) is 3.65. The van der Waals surface area contributed by atoms with Gasteiger partial charge in [-0.1, -0.05) is 15.9 Å². The van der Waals surface area contributed by atoms with Gasteiger partial charge in [-0.3, -0.25) is 4.79 Å². The number of carbonyl (C=O) groups is 2. The summed E-state index contributed by atoms with van der Waals surface area (Å²) in [6, 6.07) is 4.47. The van der Waals surface area contributed by atoms with E-state index in [1.54, 1.807) is 19.1 Å². The molecule has 0 radical (unpaired) electrons. The molecule has 3 rings (SSSR count). The van der Waals surface area contributed by atoms with Crippen LogP contribution in [0.15, 0.2) is 29.0 Å². The predicted octanol–water partition coefficient (Wildman–Crippen LogP) is 2.14. The Kier molecular flexibility index (Phi) is 3.28. The molecule has 1 unspecified atom stereocenters. The maximum absolute atomic E-state index is 14.1. The van der Waals surface area contributed by atoms with Crippen molar-refractivity contribution in [3.8, 4) is 0 Å². The second kappa shape index (κ2) is 4.91. The zero-order chi connectivity index (χ0) is 16.1. The van der Waals surface area contributed by atoms with Crippen molar-refractivity contribution in [3.63, 3.8) is 0 Å². The van der Waals surface area contributed by atoms with Gasteiger partial charge >= 0.3 is 5.97 Å². The number of carboxylic acids is 1. The summed E-state index contributed by atoms with van der Waals surface area (Å²) < 4.78 is 16.3. The molecule has 2 heterocycles. The quantitative estimate of drug-likeness (QED) is 0.851. The summed E-state index contributed by atoms with van der Waals surface area (Å²) in [4.78, 5) is 27.1. The summed E-state index contributed by atoms with van der Waals surface area (Å²) in [6.07, 6.45) is 1.28. The third-order valence-corrected chi connectivity index (χ3v) is 4.15. The monoisotopic (exact) mass is 367 g/mol. The van der Waals surface area contributed by atoms with Crippen LogP contribution in [-0.2, 0) is 12.1 Å². The van der Waals surface area contributed by atoms with Crippen LogP contribution in [0.4, 0.5) is 4.39 Å². The molecule has 1 amide bonds. The summed E-state index contributed by atoms with van der Waals surface area (Å²) in [5, 5.41) is 11.7. The molecule has 0 saturated carbocycles. The highest BCUT2D eigenvalue weighted by Crippen LogP contribution is 2.32. The number of imidazole rings is 1. The molecular weight excluding hydrogens is 357 g/mol. The van der Waals surface area contributed by atoms with E-state index in [0.29, 0.717) is 10.0 Å². The molecular formula is C14H11BrFN3O3. The van der Waals surface area contributed by atoms with E-state index in [0.717, 1.165) is 0 Å². The van der Waals surface area contributed by atoms with Crippen LogP contribution in [0.2, 0.25) is 0 Å². The van der Waals surface area contributed by atoms with Gasteiger partial charge in [0.05, 0.1) is 18.4 Å². The van der Waals surface area contributed by atoms with Gasteiger partial charge in [-0.15, -0.1) is 0 Å². The number of amides is 1. The van der Waals surface area contributed by atoms with Gasteiger partial charge in [0, 0.05) is 10.0 Å². The van der Waals surface area contributed by atoms with Crippen molar-refractivity contribution in [2.75, 3.05) is 0 Å². The molecule has 6 nitrogen and oxygen atoms in total. The van der Waals surface area contributed by atoms with Crippen molar-refractivity contribution in [2.45, 2.75) is 19.0 Å². The minimum atomic E-state index is -1.28. The van der Waals surface area contributed by atoms with Crippen LogP contribution in [0.3, 0.4) is 0 Å². The first-order valence-corrected chi connectivity index (χ1v) is 7.17. The van der Waals surface area contributed by atoms with Crippen LogP contribution in [-0.4, -0.2) is 26.5 Å². The third kappa shape index (κ3) is 2.19. The van der Waals surface area contributed by atoms with Gasteiger partial charge in [0.25, 0.3) is 5.91 Å². The van der Waals surface area contributed by atoms with Gasteiger partial charge in [-0.2, -0.15) is 0 Å². The van der Waals surface area contributed by atoms with E-state index < -0.39 is 23.2 Å². The second-order valence-electron chi connectivity index (χ2n) is 5.29. The van der Waals surface area contributed by atoms with E-state index in [9.17, 15) is 14.0 Å². The molecule has 22 heavy (non-hydrogen) atoms. The van der Waals surface area contributed by atoms with E-state index >= 15 is 0 Å². The van der Waals surface area contributed by atoms with Gasteiger partial charge in [0.1, 0.15) is 11.5 Å². The van der Waals surface area contributed by atoms with Gasteiger partial charge in [-0.05, 0) is 25.1 Å². The number of rotatable bonds is 2. The fourth-order valence-corrected chi connectivity index (χ4v) is 3.02. The lowest BCUT2D eigenvalue weighted by molar-refractivity contribution is 0.0678. The van der Waals surface area contributed by atoms with Crippen molar-refractivity contribution in [3.05, 3.63) is 51.8 Å². The summed E-state index contributed by atoms with van der Waals surface area (Å²) in [5.41, 5.74) is -1.03. The number of hydrogen-bond acceptors (Lipinski definition) is 3. The molecule has 1 atom stereocenters. The maximum Gasteiger partial charge on any atom is 0.356 e. The minimum absolute atomic E-state index is 0.0274. The average Bonchev–Trinajstić information content (AvgIpc) is 2.85. The number of aromatic carboxylic acids is 1. The van der Waals surface area contributed by atoms with Crippen molar-refractivity contribution in [1.29, 1.82) is 0 Å². The number of aromatic nitrogens is 2. The highest BCUT2D eigenvalue weighted by atomic mass is 79.9. The Bertz CT molecular complexity index is 805. The number of carboxylic acid groups (broad SMARTS) is 1. The lowest BCUT2D eigenvalue weighted by Gasteiger charge is -2.36. The Labute approximate surface area is 133 Å². The first-order chi connectivity index (χ1) is 10.3. The predicted molar refractivity (Wildman–Crippen MR) is 78.1 cm³/mol. The molecule has 1 aromatic heterocycles. The number of fused-ring (bicyclic) bond motifs is 1. The number of nitrogens with zero attached hydrogens (tertiary/aromatic N) is 2. The smallest absolute Gasteiger partial charge is 0.356 e. The van der Waals surface area contributed by atoms with Crippen LogP contribution in [0.1, 0.15) is 33.5 Å². The number of hydrogen-bond donors (Lipinski definition) is 2. The van der Waals surface area contributed by atoms with Gasteiger partial charge in [0.15, 0.2) is 5.69 Å². The molecule has 1 aliphatic rings. The Morgan fingerprint density at radius 3 is 2.95 bits per heavy atom. The Hall–Kier alpha value is -2.22. The fraction of sp³-hybridized carbons (Fsp3) is 0.214. The average molecular weight is 368 g/mol. The van der Waals surface area contributed by atoms with E-state index in [2.05, 4.69) is 26.2 Å². The van der Waals surface area contributed by atoms with Crippen molar-refractivity contribution in [1.82, 2.24) is 14.9 Å². The Morgan fingerprint density at radius 2 is 2.27 bits per heavy atom. The molecule has 0 bridgehead atoms. The Morgan fingerprint density at radius 1 is 1.55 bits per heavy atom. The standard InChI is InChI=1S/C14H11BrFN3O3/c1-14(8-4-7(15)2-3-9(8)16)5-19-6-17-10(13(21)22)11(19)12(20)18-14/h2-4,6H,5H2,1H3,(H,18,20)(H,21,22). The van der Waals surface area contributed by atoms with Crippen LogP contribution in [0.25, 0.3) is 0 Å². The molecule has 2 N–H and O–H groups in total. The highest BCUT2D eigenvalue weighted by Gasteiger charge is 2.40. The maximum atomic E-state index is 14.1. The van der Waals surface area contributed by atoms with Crippen molar-refractivity contribution < 1.29 is 19.1 Å². The molecule has 0 spiro atoms. The van der Waals surface area contributed by atoms with Gasteiger partial charge in [0.2, 0.25) is 0 Å². The van der Waals surface area contributed by atoms with Gasteiger partial charge < -0.3 is 15.0 Å². The largest absolute Gasteiger partial charge is 0.476 e. The molecule has 1 aromatic carbocycles. The fourth-order valence-electron chi connectivity index (χ4n) is 2.66. The summed E-state index contributed by atoms with van der Waals surface area (Å²) >= 11 is 3.28. The van der Waals surface area contributed by atoms with Crippen molar-refractivity contribution in [2.24, 2.45) is 0 Å². The molecule has 2 aromatic rings. The van der Waals surface area contributed by atoms with Crippen LogP contribution >= 0.6 is 15.9 Å². The molecule has 0 aliphatic carbocycles. The lowest BCUT2D eigenvalue weighted by atomic mass is 9.89. The number of carbonyl (C=O) groups excluding carboxylic acids is 1. The molecule has 114 valence electrons. The zero-order valence-electron chi connectivity index (χ0n) is 11.4. The van der Waals surface area contributed by atoms with E-state index in [1.807, 2.05) is 0 Å². The molecule has 0 fully saturated rings. The lowest BCUT2D eigenvalue weighted by Crippen LogP contribution is -2.52. The minimum Gasteiger partial charge on any atom is -0.476 e. The normalized spacial score (nSPS) is 20.4. The number of nitrogens with one attached hydrogen (secondary N) is 1. The SMILES string of the molecule is CC1(c2cc(Br)ccc2F)Cn2cnc(C(=O)O)c2C(=O)N1. The van der Waals surface area contributed by atoms with Crippen molar-refractivity contribution >= 4 is 27.8 Å². The van der Waals surface area contributed by atoms with Crippen LogP contribution < -0.4 is 5.32 Å². The zero-order valence-corrected chi connectivity index (χ0v) is 13.0. The topological polar surface area (TPSA) is 84.2 Å². The second-order valence-corrected chi connectivity index (χ2v) is 6.20.